The van der Waals surface area contributed by atoms with Gasteiger partial charge < -0.3 is 15.1 Å². The molecule has 2 fully saturated rings. The van der Waals surface area contributed by atoms with E-state index in [1.165, 1.54) is 4.88 Å². The van der Waals surface area contributed by atoms with Gasteiger partial charge in [0.25, 0.3) is 0 Å². The number of thiazole rings is 1. The molecule has 2 aliphatic rings. The van der Waals surface area contributed by atoms with E-state index in [0.29, 0.717) is 45.4 Å². The third-order valence-corrected chi connectivity index (χ3v) is 6.46. The van der Waals surface area contributed by atoms with Gasteiger partial charge in [-0.15, -0.1) is 11.3 Å². The largest absolute Gasteiger partial charge is 0.349 e. The summed E-state index contributed by atoms with van der Waals surface area (Å²) < 4.78 is 0. The van der Waals surface area contributed by atoms with Crippen LogP contribution in [0.5, 0.6) is 0 Å². The summed E-state index contributed by atoms with van der Waals surface area (Å²) in [6.45, 7) is 7.04. The molecular formula is C19H28N4O3S. The van der Waals surface area contributed by atoms with Gasteiger partial charge in [0.1, 0.15) is 5.01 Å². The molecule has 3 amide bonds. The van der Waals surface area contributed by atoms with Gasteiger partial charge in [-0.2, -0.15) is 0 Å². The highest BCUT2D eigenvalue weighted by atomic mass is 32.1. The van der Waals surface area contributed by atoms with Crippen LogP contribution in [-0.4, -0.2) is 58.7 Å². The fraction of sp³-hybridized carbons (Fsp3) is 0.684. The van der Waals surface area contributed by atoms with Crippen molar-refractivity contribution in [1.82, 2.24) is 20.1 Å². The SMILES string of the molecule is Cc1nc(CNC(=O)C2CCC(=O)N(CCCN3CCCC3=O)C2)sc1C. The third kappa shape index (κ3) is 5.06. The van der Waals surface area contributed by atoms with E-state index in [1.807, 2.05) is 18.7 Å². The molecular weight excluding hydrogens is 364 g/mol. The Morgan fingerprint density at radius 2 is 1.93 bits per heavy atom. The van der Waals surface area contributed by atoms with Gasteiger partial charge in [-0.05, 0) is 33.1 Å². The molecule has 2 aliphatic heterocycles. The van der Waals surface area contributed by atoms with Crippen LogP contribution in [0.25, 0.3) is 0 Å². The highest BCUT2D eigenvalue weighted by molar-refractivity contribution is 7.11. The molecule has 1 aromatic rings. The number of nitrogens with zero attached hydrogens (tertiary/aromatic N) is 3. The molecule has 1 N–H and O–H groups in total. The second kappa shape index (κ2) is 8.82. The second-order valence-corrected chi connectivity index (χ2v) is 8.67. The Morgan fingerprint density at radius 1 is 1.19 bits per heavy atom. The van der Waals surface area contributed by atoms with E-state index in [2.05, 4.69) is 10.3 Å². The number of hydrogen-bond donors (Lipinski definition) is 1. The van der Waals surface area contributed by atoms with Crippen molar-refractivity contribution >= 4 is 29.1 Å². The van der Waals surface area contributed by atoms with Gasteiger partial charge in [-0.1, -0.05) is 0 Å². The Labute approximate surface area is 164 Å². The molecule has 1 atom stereocenters. The van der Waals surface area contributed by atoms with Crippen molar-refractivity contribution < 1.29 is 14.4 Å². The lowest BCUT2D eigenvalue weighted by molar-refractivity contribution is -0.138. The summed E-state index contributed by atoms with van der Waals surface area (Å²) in [7, 11) is 0. The highest BCUT2D eigenvalue weighted by Gasteiger charge is 2.30. The van der Waals surface area contributed by atoms with Crippen LogP contribution in [0, 0.1) is 19.8 Å². The minimum absolute atomic E-state index is 0.00673. The van der Waals surface area contributed by atoms with Crippen LogP contribution in [0.3, 0.4) is 0 Å². The molecule has 0 bridgehead atoms. The zero-order valence-corrected chi connectivity index (χ0v) is 16.9. The molecule has 0 saturated carbocycles. The van der Waals surface area contributed by atoms with Crippen molar-refractivity contribution in [3.8, 4) is 0 Å². The van der Waals surface area contributed by atoms with Gasteiger partial charge >= 0.3 is 0 Å². The first-order chi connectivity index (χ1) is 12.9. The lowest BCUT2D eigenvalue weighted by atomic mass is 9.96. The van der Waals surface area contributed by atoms with E-state index in [-0.39, 0.29) is 23.6 Å². The zero-order valence-electron chi connectivity index (χ0n) is 16.1. The van der Waals surface area contributed by atoms with Crippen molar-refractivity contribution in [2.45, 2.75) is 52.5 Å². The molecule has 27 heavy (non-hydrogen) atoms. The van der Waals surface area contributed by atoms with Crippen LogP contribution in [-0.2, 0) is 20.9 Å². The van der Waals surface area contributed by atoms with E-state index in [1.54, 1.807) is 16.2 Å². The maximum Gasteiger partial charge on any atom is 0.225 e. The molecule has 7 nitrogen and oxygen atoms in total. The minimum Gasteiger partial charge on any atom is -0.349 e. The molecule has 1 unspecified atom stereocenters. The smallest absolute Gasteiger partial charge is 0.225 e. The molecule has 3 rings (SSSR count). The topological polar surface area (TPSA) is 82.6 Å². The molecule has 148 valence electrons. The number of piperidine rings is 1. The molecule has 3 heterocycles. The summed E-state index contributed by atoms with van der Waals surface area (Å²) in [6.07, 6.45) is 3.35. The van der Waals surface area contributed by atoms with E-state index in [4.69, 9.17) is 0 Å². The second-order valence-electron chi connectivity index (χ2n) is 7.38. The van der Waals surface area contributed by atoms with E-state index >= 15 is 0 Å². The molecule has 0 aromatic carbocycles. The van der Waals surface area contributed by atoms with E-state index in [0.717, 1.165) is 30.1 Å². The Kier molecular flexibility index (Phi) is 6.46. The number of nitrogens with one attached hydrogen (secondary N) is 1. The fourth-order valence-electron chi connectivity index (χ4n) is 3.66. The Hall–Kier alpha value is -1.96. The number of aromatic nitrogens is 1. The van der Waals surface area contributed by atoms with Crippen LogP contribution < -0.4 is 5.32 Å². The number of rotatable bonds is 7. The van der Waals surface area contributed by atoms with Gasteiger partial charge in [0, 0.05) is 43.9 Å². The average molecular weight is 393 g/mol. The van der Waals surface area contributed by atoms with Crippen LogP contribution >= 0.6 is 11.3 Å². The number of aryl methyl sites for hydroxylation is 2. The van der Waals surface area contributed by atoms with Gasteiger partial charge in [0.05, 0.1) is 18.2 Å². The van der Waals surface area contributed by atoms with Crippen LogP contribution in [0.4, 0.5) is 0 Å². The first kappa shape index (κ1) is 19.8. The normalized spacial score (nSPS) is 20.4. The van der Waals surface area contributed by atoms with Crippen LogP contribution in [0.2, 0.25) is 0 Å². The Morgan fingerprint density at radius 3 is 2.59 bits per heavy atom. The van der Waals surface area contributed by atoms with Crippen molar-refractivity contribution in [3.05, 3.63) is 15.6 Å². The standard InChI is InChI=1S/C19H28N4O3S/c1-13-14(2)27-16(21-13)11-20-19(26)15-6-7-18(25)23(12-15)10-4-9-22-8-3-5-17(22)24/h15H,3-12H2,1-2H3,(H,20,26). The summed E-state index contributed by atoms with van der Waals surface area (Å²) in [6, 6.07) is 0. The molecule has 0 spiro atoms. The van der Waals surface area contributed by atoms with Gasteiger partial charge in [0.2, 0.25) is 17.7 Å². The van der Waals surface area contributed by atoms with Gasteiger partial charge in [-0.25, -0.2) is 4.98 Å². The van der Waals surface area contributed by atoms with Gasteiger partial charge in [0.15, 0.2) is 0 Å². The number of amides is 3. The molecule has 1 aromatic heterocycles. The minimum atomic E-state index is -0.168. The number of carbonyl (C=O) groups is 3. The van der Waals surface area contributed by atoms with Crippen LogP contribution in [0.15, 0.2) is 0 Å². The molecule has 2 saturated heterocycles. The molecule has 8 heteroatoms. The van der Waals surface area contributed by atoms with Crippen molar-refractivity contribution in [2.24, 2.45) is 5.92 Å². The lowest BCUT2D eigenvalue weighted by Gasteiger charge is -2.32. The fourth-order valence-corrected chi connectivity index (χ4v) is 4.53. The van der Waals surface area contributed by atoms with Gasteiger partial charge in [-0.3, -0.25) is 14.4 Å². The number of hydrogen-bond acceptors (Lipinski definition) is 5. The maximum absolute atomic E-state index is 12.5. The summed E-state index contributed by atoms with van der Waals surface area (Å²) in [4.78, 5) is 45.6. The average Bonchev–Trinajstić information content (AvgIpc) is 3.19. The van der Waals surface area contributed by atoms with Crippen LogP contribution in [0.1, 0.15) is 47.7 Å². The van der Waals surface area contributed by atoms with E-state index in [9.17, 15) is 14.4 Å². The van der Waals surface area contributed by atoms with E-state index < -0.39 is 0 Å². The first-order valence-electron chi connectivity index (χ1n) is 9.70. The first-order valence-corrected chi connectivity index (χ1v) is 10.5. The summed E-state index contributed by atoms with van der Waals surface area (Å²) in [5.41, 5.74) is 1.01. The maximum atomic E-state index is 12.5. The molecule has 0 aliphatic carbocycles. The summed E-state index contributed by atoms with van der Waals surface area (Å²) in [5.74, 6) is 0.147. The van der Waals surface area contributed by atoms with Crippen molar-refractivity contribution in [1.29, 1.82) is 0 Å². The zero-order chi connectivity index (χ0) is 19.4. The predicted molar refractivity (Wildman–Crippen MR) is 103 cm³/mol. The number of carbonyl (C=O) groups excluding carboxylic acids is 3. The lowest BCUT2D eigenvalue weighted by Crippen LogP contribution is -2.46. The Bertz CT molecular complexity index is 698. The quantitative estimate of drug-likeness (QED) is 0.765. The molecule has 0 radical (unpaired) electrons. The Balaban J connectivity index is 1.44. The summed E-state index contributed by atoms with van der Waals surface area (Å²) >= 11 is 1.60. The van der Waals surface area contributed by atoms with Crippen molar-refractivity contribution in [2.75, 3.05) is 26.2 Å². The third-order valence-electron chi connectivity index (χ3n) is 5.39. The predicted octanol–water partition coefficient (Wildman–Crippen LogP) is 1.63. The van der Waals surface area contributed by atoms with Crippen molar-refractivity contribution in [3.63, 3.8) is 0 Å². The summed E-state index contributed by atoms with van der Waals surface area (Å²) in [5, 5.41) is 3.88. The monoisotopic (exact) mass is 392 g/mol. The highest BCUT2D eigenvalue weighted by Crippen LogP contribution is 2.20. The number of likely N-dealkylation sites (tertiary alicyclic amines) is 2.